The SMILES string of the molecule is O=C(Nc1cccc(C(=O)N2CCc3ccccc32)c1)c1ccc(-c2noc(=O)[nH]2)cc1. The quantitative estimate of drug-likeness (QED) is 0.519. The minimum absolute atomic E-state index is 0.1000. The van der Waals surface area contributed by atoms with E-state index in [4.69, 9.17) is 0 Å². The van der Waals surface area contributed by atoms with Crippen LogP contribution in [-0.2, 0) is 6.42 Å². The highest BCUT2D eigenvalue weighted by molar-refractivity contribution is 6.09. The standard InChI is InChI=1S/C24H18N4O4/c29-22(17-10-8-16(9-11-17)21-26-24(31)32-27-21)25-19-6-3-5-18(14-19)23(30)28-13-12-15-4-1-2-7-20(15)28/h1-11,14H,12-13H2,(H,25,29)(H,26,27,31). The van der Waals surface area contributed by atoms with E-state index >= 15 is 0 Å². The van der Waals surface area contributed by atoms with Crippen LogP contribution in [-0.4, -0.2) is 28.5 Å². The first-order chi connectivity index (χ1) is 15.6. The number of fused-ring (bicyclic) bond motifs is 1. The lowest BCUT2D eigenvalue weighted by Crippen LogP contribution is -2.28. The molecule has 1 aliphatic heterocycles. The number of benzene rings is 3. The van der Waals surface area contributed by atoms with Crippen LogP contribution >= 0.6 is 0 Å². The fraction of sp³-hybridized carbons (Fsp3) is 0.0833. The van der Waals surface area contributed by atoms with E-state index in [2.05, 4.69) is 20.0 Å². The minimum Gasteiger partial charge on any atom is -0.322 e. The number of hydrogen-bond acceptors (Lipinski definition) is 5. The number of aromatic amines is 1. The first kappa shape index (κ1) is 19.5. The highest BCUT2D eigenvalue weighted by atomic mass is 16.5. The Morgan fingerprint density at radius 2 is 1.78 bits per heavy atom. The van der Waals surface area contributed by atoms with E-state index < -0.39 is 5.76 Å². The molecule has 2 amide bonds. The van der Waals surface area contributed by atoms with Crippen LogP contribution in [0.3, 0.4) is 0 Å². The Hall–Kier alpha value is -4.46. The summed E-state index contributed by atoms with van der Waals surface area (Å²) in [6.45, 7) is 0.637. The monoisotopic (exact) mass is 426 g/mol. The Kier molecular flexibility index (Phi) is 4.87. The summed E-state index contributed by atoms with van der Waals surface area (Å²) in [5.74, 6) is -0.774. The first-order valence-corrected chi connectivity index (χ1v) is 10.1. The summed E-state index contributed by atoms with van der Waals surface area (Å²) >= 11 is 0. The van der Waals surface area contributed by atoms with Crippen molar-refractivity contribution in [3.63, 3.8) is 0 Å². The predicted octanol–water partition coefficient (Wildman–Crippen LogP) is 3.49. The zero-order chi connectivity index (χ0) is 22.1. The van der Waals surface area contributed by atoms with Crippen LogP contribution in [0.25, 0.3) is 11.4 Å². The van der Waals surface area contributed by atoms with Crippen LogP contribution in [0.5, 0.6) is 0 Å². The van der Waals surface area contributed by atoms with Gasteiger partial charge < -0.3 is 10.2 Å². The van der Waals surface area contributed by atoms with Crippen molar-refractivity contribution < 1.29 is 14.1 Å². The number of nitrogens with zero attached hydrogens (tertiary/aromatic N) is 2. The van der Waals surface area contributed by atoms with Crippen molar-refractivity contribution in [2.45, 2.75) is 6.42 Å². The third kappa shape index (κ3) is 3.69. The van der Waals surface area contributed by atoms with E-state index in [1.165, 1.54) is 0 Å². The zero-order valence-corrected chi connectivity index (χ0v) is 16.9. The molecule has 5 rings (SSSR count). The summed E-state index contributed by atoms with van der Waals surface area (Å²) in [6, 6.07) is 21.3. The number of amides is 2. The molecule has 0 atom stereocenters. The molecule has 158 valence electrons. The fourth-order valence-electron chi connectivity index (χ4n) is 3.77. The second kappa shape index (κ2) is 7.99. The number of nitrogens with one attached hydrogen (secondary N) is 2. The molecule has 4 aromatic rings. The van der Waals surface area contributed by atoms with Gasteiger partial charge in [0.05, 0.1) is 0 Å². The maximum absolute atomic E-state index is 13.1. The van der Waals surface area contributed by atoms with E-state index in [0.29, 0.717) is 28.9 Å². The van der Waals surface area contributed by atoms with Gasteiger partial charge in [-0.25, -0.2) is 4.79 Å². The van der Waals surface area contributed by atoms with E-state index in [-0.39, 0.29) is 17.6 Å². The molecular weight excluding hydrogens is 408 g/mol. The molecule has 0 aliphatic carbocycles. The summed E-state index contributed by atoms with van der Waals surface area (Å²) < 4.78 is 4.49. The first-order valence-electron chi connectivity index (χ1n) is 10.1. The molecule has 0 unspecified atom stereocenters. The van der Waals surface area contributed by atoms with Gasteiger partial charge in [-0.3, -0.25) is 19.1 Å². The van der Waals surface area contributed by atoms with E-state index in [9.17, 15) is 14.4 Å². The van der Waals surface area contributed by atoms with Crippen molar-refractivity contribution in [2.75, 3.05) is 16.8 Å². The number of rotatable bonds is 4. The molecule has 0 saturated carbocycles. The highest BCUT2D eigenvalue weighted by Gasteiger charge is 2.25. The molecule has 0 spiro atoms. The number of carbonyl (C=O) groups is 2. The van der Waals surface area contributed by atoms with Crippen LogP contribution in [0, 0.1) is 0 Å². The Balaban J connectivity index is 1.31. The van der Waals surface area contributed by atoms with Crippen molar-refractivity contribution in [3.05, 3.63) is 100 Å². The number of carbonyl (C=O) groups excluding carboxylic acids is 2. The van der Waals surface area contributed by atoms with Crippen molar-refractivity contribution >= 4 is 23.2 Å². The number of anilines is 2. The highest BCUT2D eigenvalue weighted by Crippen LogP contribution is 2.29. The largest absolute Gasteiger partial charge is 0.439 e. The Bertz CT molecular complexity index is 1370. The molecule has 0 bridgehead atoms. The Labute approximate surface area is 182 Å². The zero-order valence-electron chi connectivity index (χ0n) is 16.9. The van der Waals surface area contributed by atoms with Crippen LogP contribution in [0.15, 0.2) is 82.1 Å². The molecule has 8 heteroatoms. The molecule has 3 aromatic carbocycles. The number of aromatic nitrogens is 2. The molecular formula is C24H18N4O4. The smallest absolute Gasteiger partial charge is 0.322 e. The lowest BCUT2D eigenvalue weighted by Gasteiger charge is -2.18. The van der Waals surface area contributed by atoms with Crippen molar-refractivity contribution in [1.82, 2.24) is 10.1 Å². The average Bonchev–Trinajstić information content (AvgIpc) is 3.45. The molecule has 0 radical (unpaired) electrons. The van der Waals surface area contributed by atoms with E-state index in [1.54, 1.807) is 53.4 Å². The Morgan fingerprint density at radius 1 is 0.969 bits per heavy atom. The normalized spacial score (nSPS) is 12.4. The van der Waals surface area contributed by atoms with Gasteiger partial charge >= 0.3 is 5.76 Å². The van der Waals surface area contributed by atoms with E-state index in [1.807, 2.05) is 24.3 Å². The van der Waals surface area contributed by atoms with Gasteiger partial charge in [-0.1, -0.05) is 41.6 Å². The molecule has 2 heterocycles. The molecule has 32 heavy (non-hydrogen) atoms. The summed E-state index contributed by atoms with van der Waals surface area (Å²) in [6.07, 6.45) is 0.830. The summed E-state index contributed by atoms with van der Waals surface area (Å²) in [4.78, 5) is 41.0. The Morgan fingerprint density at radius 3 is 2.56 bits per heavy atom. The van der Waals surface area contributed by atoms with Crippen LogP contribution in [0.4, 0.5) is 11.4 Å². The maximum Gasteiger partial charge on any atom is 0.439 e. The van der Waals surface area contributed by atoms with Crippen LogP contribution in [0.1, 0.15) is 26.3 Å². The van der Waals surface area contributed by atoms with Gasteiger partial charge in [-0.05, 0) is 48.4 Å². The second-order valence-corrected chi connectivity index (χ2v) is 7.39. The van der Waals surface area contributed by atoms with Gasteiger partial charge in [0.2, 0.25) is 0 Å². The minimum atomic E-state index is -0.645. The van der Waals surface area contributed by atoms with Crippen molar-refractivity contribution in [2.24, 2.45) is 0 Å². The topological polar surface area (TPSA) is 108 Å². The third-order valence-electron chi connectivity index (χ3n) is 5.36. The van der Waals surface area contributed by atoms with Crippen molar-refractivity contribution in [1.29, 1.82) is 0 Å². The van der Waals surface area contributed by atoms with Gasteiger partial charge in [0.15, 0.2) is 5.82 Å². The maximum atomic E-state index is 13.1. The number of para-hydroxylation sites is 1. The van der Waals surface area contributed by atoms with Gasteiger partial charge in [0.1, 0.15) is 0 Å². The third-order valence-corrected chi connectivity index (χ3v) is 5.36. The lowest BCUT2D eigenvalue weighted by molar-refractivity contribution is 0.0986. The van der Waals surface area contributed by atoms with E-state index in [0.717, 1.165) is 17.7 Å². The average molecular weight is 426 g/mol. The number of H-pyrrole nitrogens is 1. The summed E-state index contributed by atoms with van der Waals surface area (Å²) in [7, 11) is 0. The van der Waals surface area contributed by atoms with Gasteiger partial charge in [0.25, 0.3) is 11.8 Å². The number of hydrogen-bond donors (Lipinski definition) is 2. The lowest BCUT2D eigenvalue weighted by atomic mass is 10.1. The molecule has 2 N–H and O–H groups in total. The van der Waals surface area contributed by atoms with Gasteiger partial charge in [0, 0.05) is 34.6 Å². The van der Waals surface area contributed by atoms with Crippen LogP contribution < -0.4 is 16.0 Å². The second-order valence-electron chi connectivity index (χ2n) is 7.39. The molecule has 0 fully saturated rings. The summed E-state index contributed by atoms with van der Waals surface area (Å²) in [5.41, 5.74) is 4.16. The molecule has 0 saturated heterocycles. The van der Waals surface area contributed by atoms with Gasteiger partial charge in [-0.15, -0.1) is 0 Å². The molecule has 1 aromatic heterocycles. The summed E-state index contributed by atoms with van der Waals surface area (Å²) in [5, 5.41) is 6.45. The van der Waals surface area contributed by atoms with Crippen molar-refractivity contribution in [3.8, 4) is 11.4 Å². The van der Waals surface area contributed by atoms with Gasteiger partial charge in [-0.2, -0.15) is 0 Å². The fourth-order valence-corrected chi connectivity index (χ4v) is 3.77. The molecule has 8 nitrogen and oxygen atoms in total. The molecule has 1 aliphatic rings. The van der Waals surface area contributed by atoms with Crippen LogP contribution in [0.2, 0.25) is 0 Å². The predicted molar refractivity (Wildman–Crippen MR) is 119 cm³/mol.